The normalized spacial score (nSPS) is 10.8. The Bertz CT molecular complexity index is 316. The molecule has 0 bridgehead atoms. The van der Waals surface area contributed by atoms with Gasteiger partial charge in [-0.25, -0.2) is 0 Å². The Balaban J connectivity index is 3.08. The number of unbranched alkanes of at least 4 members (excludes halogenated alkanes) is 2. The maximum Gasteiger partial charge on any atom is 0.220 e. The molecule has 0 rings (SSSR count). The zero-order valence-corrected chi connectivity index (χ0v) is 16.0. The van der Waals surface area contributed by atoms with E-state index in [1.54, 1.807) is 0 Å². The van der Waals surface area contributed by atoms with Crippen LogP contribution in [-0.2, 0) is 33.3 Å². The van der Waals surface area contributed by atoms with Crippen LogP contribution in [-0.4, -0.2) is 84.8 Å². The van der Waals surface area contributed by atoms with Crippen LogP contribution in [0.1, 0.15) is 32.6 Å². The van der Waals surface area contributed by atoms with Crippen LogP contribution in [0, 0.1) is 0 Å². The predicted octanol–water partition coefficient (Wildman–Crippen LogP) is 0.965. The minimum Gasteiger partial charge on any atom is -0.379 e. The summed E-state index contributed by atoms with van der Waals surface area (Å²) in [4.78, 5) is 21.6. The fraction of sp³-hybridized carbons (Fsp3) is 0.889. The zero-order chi connectivity index (χ0) is 19.1. The second kappa shape index (κ2) is 22.0. The molecule has 0 atom stereocenters. The number of carbonyl (C=O) groups excluding carboxylic acids is 2. The molecule has 1 amide bonds. The lowest BCUT2D eigenvalue weighted by Gasteiger charge is -2.08. The summed E-state index contributed by atoms with van der Waals surface area (Å²) >= 11 is 0. The third-order valence-electron chi connectivity index (χ3n) is 3.24. The number of ether oxygens (including phenoxy) is 5. The zero-order valence-electron chi connectivity index (χ0n) is 16.0. The van der Waals surface area contributed by atoms with Gasteiger partial charge < -0.3 is 33.8 Å². The van der Waals surface area contributed by atoms with Crippen LogP contribution in [0.4, 0.5) is 0 Å². The minimum atomic E-state index is -0.00485. The monoisotopic (exact) mass is 377 g/mol. The molecule has 154 valence electrons. The Kier molecular flexibility index (Phi) is 21.1. The van der Waals surface area contributed by atoms with Crippen LogP contribution in [0.15, 0.2) is 0 Å². The highest BCUT2D eigenvalue weighted by Crippen LogP contribution is 1.97. The molecular formula is C18H35NO7. The maximum atomic E-state index is 11.4. The van der Waals surface area contributed by atoms with Crippen LogP contribution < -0.4 is 5.32 Å². The molecule has 0 saturated carbocycles. The lowest BCUT2D eigenvalue weighted by molar-refractivity contribution is -0.121. The van der Waals surface area contributed by atoms with Gasteiger partial charge >= 0.3 is 0 Å². The maximum absolute atomic E-state index is 11.4. The molecule has 0 aliphatic heterocycles. The van der Waals surface area contributed by atoms with E-state index in [1.807, 2.05) is 6.92 Å². The van der Waals surface area contributed by atoms with E-state index in [0.29, 0.717) is 85.5 Å². The number of rotatable bonds is 21. The molecule has 8 nitrogen and oxygen atoms in total. The smallest absolute Gasteiger partial charge is 0.220 e. The van der Waals surface area contributed by atoms with Gasteiger partial charge in [0.2, 0.25) is 5.91 Å². The average molecular weight is 377 g/mol. The standard InChI is InChI=1S/C18H35NO7/c1-2-22-10-11-24-14-15-26-17-16-25-13-12-23-9-7-19-18(21)6-4-3-5-8-20/h8H,2-7,9-17H2,1H3,(H,19,21). The third kappa shape index (κ3) is 21.0. The molecule has 0 spiro atoms. The Morgan fingerprint density at radius 2 is 1.27 bits per heavy atom. The third-order valence-corrected chi connectivity index (χ3v) is 3.24. The molecule has 0 radical (unpaired) electrons. The first-order chi connectivity index (χ1) is 12.8. The quantitative estimate of drug-likeness (QED) is 0.235. The van der Waals surface area contributed by atoms with E-state index in [1.165, 1.54) is 0 Å². The van der Waals surface area contributed by atoms with Gasteiger partial charge in [-0.2, -0.15) is 0 Å². The highest BCUT2D eigenvalue weighted by molar-refractivity contribution is 5.75. The highest BCUT2D eigenvalue weighted by Gasteiger charge is 2.00. The molecule has 0 aliphatic carbocycles. The number of hydrogen-bond acceptors (Lipinski definition) is 7. The second-order valence-electron chi connectivity index (χ2n) is 5.41. The average Bonchev–Trinajstić information content (AvgIpc) is 2.65. The van der Waals surface area contributed by atoms with Crippen molar-refractivity contribution >= 4 is 12.2 Å². The van der Waals surface area contributed by atoms with Crippen LogP contribution in [0.3, 0.4) is 0 Å². The van der Waals surface area contributed by atoms with Crippen molar-refractivity contribution in [1.29, 1.82) is 0 Å². The molecule has 0 heterocycles. The van der Waals surface area contributed by atoms with Gasteiger partial charge in [0.1, 0.15) is 6.29 Å². The summed E-state index contributed by atoms with van der Waals surface area (Å²) in [6.07, 6.45) is 3.34. The lowest BCUT2D eigenvalue weighted by atomic mass is 10.2. The summed E-state index contributed by atoms with van der Waals surface area (Å²) in [5.74, 6) is -0.00485. The van der Waals surface area contributed by atoms with Crippen LogP contribution in [0.2, 0.25) is 0 Å². The fourth-order valence-electron chi connectivity index (χ4n) is 1.89. The van der Waals surface area contributed by atoms with Crippen molar-refractivity contribution in [3.8, 4) is 0 Å². The van der Waals surface area contributed by atoms with Crippen molar-refractivity contribution in [1.82, 2.24) is 5.32 Å². The van der Waals surface area contributed by atoms with E-state index in [2.05, 4.69) is 5.32 Å². The van der Waals surface area contributed by atoms with Gasteiger partial charge in [-0.3, -0.25) is 4.79 Å². The van der Waals surface area contributed by atoms with E-state index in [4.69, 9.17) is 23.7 Å². The van der Waals surface area contributed by atoms with E-state index >= 15 is 0 Å². The van der Waals surface area contributed by atoms with Gasteiger partial charge in [0.15, 0.2) is 0 Å². The van der Waals surface area contributed by atoms with Crippen molar-refractivity contribution in [3.63, 3.8) is 0 Å². The molecule has 0 unspecified atom stereocenters. The predicted molar refractivity (Wildman–Crippen MR) is 97.3 cm³/mol. The summed E-state index contributed by atoms with van der Waals surface area (Å²) in [6.45, 7) is 7.92. The van der Waals surface area contributed by atoms with Gasteiger partial charge in [-0.1, -0.05) is 0 Å². The van der Waals surface area contributed by atoms with Crippen molar-refractivity contribution in [2.45, 2.75) is 32.6 Å². The molecule has 1 N–H and O–H groups in total. The summed E-state index contributed by atoms with van der Waals surface area (Å²) < 4.78 is 26.6. The number of amides is 1. The Hall–Kier alpha value is -1.06. The summed E-state index contributed by atoms with van der Waals surface area (Å²) in [6, 6.07) is 0. The second-order valence-corrected chi connectivity index (χ2v) is 5.41. The molecule has 26 heavy (non-hydrogen) atoms. The van der Waals surface area contributed by atoms with Crippen molar-refractivity contribution < 1.29 is 33.3 Å². The molecule has 0 aromatic heterocycles. The molecule has 0 aliphatic rings. The van der Waals surface area contributed by atoms with E-state index in [0.717, 1.165) is 19.1 Å². The van der Waals surface area contributed by atoms with Crippen LogP contribution in [0.5, 0.6) is 0 Å². The Labute approximate surface area is 156 Å². The van der Waals surface area contributed by atoms with Gasteiger partial charge in [-0.15, -0.1) is 0 Å². The van der Waals surface area contributed by atoms with Crippen LogP contribution >= 0.6 is 0 Å². The first kappa shape index (κ1) is 24.9. The topological polar surface area (TPSA) is 92.3 Å². The Morgan fingerprint density at radius 3 is 1.77 bits per heavy atom. The molecule has 8 heteroatoms. The molecule has 0 saturated heterocycles. The van der Waals surface area contributed by atoms with Gasteiger partial charge in [0.25, 0.3) is 0 Å². The number of hydrogen-bond donors (Lipinski definition) is 1. The minimum absolute atomic E-state index is 0.00485. The SMILES string of the molecule is CCOCCOCCOCCOCCOCCNC(=O)CCCCC=O. The first-order valence-corrected chi connectivity index (χ1v) is 9.40. The number of nitrogens with one attached hydrogen (secondary N) is 1. The van der Waals surface area contributed by atoms with Crippen molar-refractivity contribution in [2.24, 2.45) is 0 Å². The van der Waals surface area contributed by atoms with Crippen molar-refractivity contribution in [3.05, 3.63) is 0 Å². The molecular weight excluding hydrogens is 342 g/mol. The largest absolute Gasteiger partial charge is 0.379 e. The summed E-state index contributed by atoms with van der Waals surface area (Å²) in [7, 11) is 0. The number of aldehydes is 1. The van der Waals surface area contributed by atoms with Crippen molar-refractivity contribution in [2.75, 3.05) is 72.6 Å². The molecule has 0 aromatic carbocycles. The highest BCUT2D eigenvalue weighted by atomic mass is 16.6. The van der Waals surface area contributed by atoms with E-state index < -0.39 is 0 Å². The number of carbonyl (C=O) groups is 2. The van der Waals surface area contributed by atoms with E-state index in [-0.39, 0.29) is 5.91 Å². The van der Waals surface area contributed by atoms with Gasteiger partial charge in [0, 0.05) is 26.0 Å². The fourth-order valence-corrected chi connectivity index (χ4v) is 1.89. The molecule has 0 aromatic rings. The van der Waals surface area contributed by atoms with Crippen LogP contribution in [0.25, 0.3) is 0 Å². The summed E-state index contributed by atoms with van der Waals surface area (Å²) in [5.41, 5.74) is 0. The van der Waals surface area contributed by atoms with Gasteiger partial charge in [0.05, 0.1) is 59.5 Å². The molecule has 0 fully saturated rings. The summed E-state index contributed by atoms with van der Waals surface area (Å²) in [5, 5.41) is 2.77. The first-order valence-electron chi connectivity index (χ1n) is 9.40. The van der Waals surface area contributed by atoms with Gasteiger partial charge in [-0.05, 0) is 19.8 Å². The lowest BCUT2D eigenvalue weighted by Crippen LogP contribution is -2.27. The van der Waals surface area contributed by atoms with E-state index in [9.17, 15) is 9.59 Å². The Morgan fingerprint density at radius 1 is 0.769 bits per heavy atom.